The molecular weight excluding hydrogens is 388 g/mol. The molecule has 0 bridgehead atoms. The molecule has 164 valence electrons. The second-order valence-electron chi connectivity index (χ2n) is 6.77. The van der Waals surface area contributed by atoms with E-state index in [4.69, 9.17) is 23.7 Å². The Bertz CT molecular complexity index is 728. The minimum Gasteiger partial charge on any atom is -0.497 e. The predicted octanol–water partition coefficient (Wildman–Crippen LogP) is 2.77. The van der Waals surface area contributed by atoms with E-state index < -0.39 is 18.3 Å². The van der Waals surface area contributed by atoms with Crippen LogP contribution >= 0.6 is 0 Å². The van der Waals surface area contributed by atoms with E-state index in [1.165, 1.54) is 0 Å². The molecular formula is C23H30O7. The number of ether oxygens (including phenoxy) is 5. The van der Waals surface area contributed by atoms with Crippen molar-refractivity contribution < 1.29 is 33.6 Å². The van der Waals surface area contributed by atoms with Gasteiger partial charge in [0.1, 0.15) is 36.6 Å². The molecule has 1 N–H and O–H groups in total. The molecule has 0 saturated carbocycles. The Morgan fingerprint density at radius 2 is 1.37 bits per heavy atom. The van der Waals surface area contributed by atoms with E-state index in [0.29, 0.717) is 12.9 Å². The van der Waals surface area contributed by atoms with Crippen LogP contribution in [0.1, 0.15) is 18.1 Å². The van der Waals surface area contributed by atoms with Gasteiger partial charge < -0.3 is 33.6 Å². The van der Waals surface area contributed by atoms with Gasteiger partial charge in [-0.3, -0.25) is 0 Å². The van der Waals surface area contributed by atoms with Crippen molar-refractivity contribution >= 4 is 6.29 Å². The highest BCUT2D eigenvalue weighted by atomic mass is 16.6. The summed E-state index contributed by atoms with van der Waals surface area (Å²) in [6.45, 7) is 2.30. The summed E-state index contributed by atoms with van der Waals surface area (Å²) in [4.78, 5) is 10.6. The van der Waals surface area contributed by atoms with E-state index in [2.05, 4.69) is 0 Å². The molecule has 0 heterocycles. The molecule has 2 unspecified atom stereocenters. The van der Waals surface area contributed by atoms with Crippen molar-refractivity contribution in [1.29, 1.82) is 0 Å². The van der Waals surface area contributed by atoms with Gasteiger partial charge in [0.25, 0.3) is 0 Å². The van der Waals surface area contributed by atoms with Crippen molar-refractivity contribution in [3.05, 3.63) is 59.7 Å². The van der Waals surface area contributed by atoms with Gasteiger partial charge >= 0.3 is 0 Å². The zero-order valence-electron chi connectivity index (χ0n) is 17.7. The molecule has 0 radical (unpaired) electrons. The Hall–Kier alpha value is -2.45. The van der Waals surface area contributed by atoms with Gasteiger partial charge in [0, 0.05) is 0 Å². The number of hydrogen-bond acceptors (Lipinski definition) is 7. The molecule has 0 fully saturated rings. The zero-order chi connectivity index (χ0) is 21.8. The number of carbonyl (C=O) groups is 1. The lowest BCUT2D eigenvalue weighted by molar-refractivity contribution is -0.149. The summed E-state index contributed by atoms with van der Waals surface area (Å²) in [6.07, 6.45) is -1.33. The molecule has 2 aromatic rings. The number of aliphatic hydroxyl groups is 1. The van der Waals surface area contributed by atoms with Crippen LogP contribution in [0.25, 0.3) is 0 Å². The van der Waals surface area contributed by atoms with Crippen LogP contribution in [0, 0.1) is 0 Å². The van der Waals surface area contributed by atoms with Crippen LogP contribution < -0.4 is 9.47 Å². The lowest BCUT2D eigenvalue weighted by atomic mass is 10.1. The molecule has 7 nitrogen and oxygen atoms in total. The smallest absolute Gasteiger partial charge is 0.145 e. The molecule has 0 aromatic heterocycles. The van der Waals surface area contributed by atoms with Crippen LogP contribution in [-0.2, 0) is 32.2 Å². The number of methoxy groups -OCH3 is 2. The summed E-state index contributed by atoms with van der Waals surface area (Å²) < 4.78 is 27.7. The van der Waals surface area contributed by atoms with Crippen molar-refractivity contribution in [3.63, 3.8) is 0 Å². The van der Waals surface area contributed by atoms with Crippen molar-refractivity contribution in [1.82, 2.24) is 0 Å². The van der Waals surface area contributed by atoms with Crippen LogP contribution in [0.3, 0.4) is 0 Å². The second kappa shape index (κ2) is 13.0. The summed E-state index contributed by atoms with van der Waals surface area (Å²) in [5, 5.41) is 10.3. The minimum atomic E-state index is -0.802. The lowest BCUT2D eigenvalue weighted by Gasteiger charge is -2.29. The first kappa shape index (κ1) is 23.8. The molecule has 30 heavy (non-hydrogen) atoms. The summed E-state index contributed by atoms with van der Waals surface area (Å²) >= 11 is 0. The fraction of sp³-hybridized carbons (Fsp3) is 0.435. The predicted molar refractivity (Wildman–Crippen MR) is 112 cm³/mol. The van der Waals surface area contributed by atoms with E-state index in [1.807, 2.05) is 48.5 Å². The summed E-state index contributed by atoms with van der Waals surface area (Å²) in [6, 6.07) is 15.0. The standard InChI is InChI=1S/C23H30O7/c1-17(25)23(30-15-19-6-10-21(27-3)11-7-19)22(16-28-13-12-24)29-14-18-4-8-20(26-2)9-5-18/h4-12,17,22-23,25H,13-16H2,1-3H3/t17?,22?,23-/m0/s1. The SMILES string of the molecule is COc1ccc(COC(COCC=O)[C@@H](OCc2ccc(OC)cc2)C(C)O)cc1. The van der Waals surface area contributed by atoms with Crippen molar-refractivity contribution in [2.75, 3.05) is 27.4 Å². The number of aliphatic hydroxyl groups excluding tert-OH is 1. The highest BCUT2D eigenvalue weighted by molar-refractivity contribution is 5.50. The van der Waals surface area contributed by atoms with Crippen molar-refractivity contribution in [2.45, 2.75) is 38.4 Å². The molecule has 0 saturated heterocycles. The first-order valence-corrected chi connectivity index (χ1v) is 9.76. The van der Waals surface area contributed by atoms with E-state index in [-0.39, 0.29) is 19.8 Å². The van der Waals surface area contributed by atoms with Crippen LogP contribution in [0.5, 0.6) is 11.5 Å². The average molecular weight is 418 g/mol. The summed E-state index contributed by atoms with van der Waals surface area (Å²) in [7, 11) is 3.22. The van der Waals surface area contributed by atoms with Gasteiger partial charge in [0.2, 0.25) is 0 Å². The van der Waals surface area contributed by atoms with Gasteiger partial charge in [-0.05, 0) is 42.3 Å². The van der Waals surface area contributed by atoms with E-state index in [9.17, 15) is 9.90 Å². The highest BCUT2D eigenvalue weighted by Crippen LogP contribution is 2.18. The maximum Gasteiger partial charge on any atom is 0.145 e. The second-order valence-corrected chi connectivity index (χ2v) is 6.77. The Morgan fingerprint density at radius 1 is 0.867 bits per heavy atom. The molecule has 0 spiro atoms. The Kier molecular flexibility index (Phi) is 10.3. The quantitative estimate of drug-likeness (QED) is 0.373. The lowest BCUT2D eigenvalue weighted by Crippen LogP contribution is -2.42. The largest absolute Gasteiger partial charge is 0.497 e. The number of rotatable bonds is 14. The molecule has 2 rings (SSSR count). The molecule has 0 amide bonds. The van der Waals surface area contributed by atoms with Crippen LogP contribution in [0.4, 0.5) is 0 Å². The normalized spacial score (nSPS) is 14.0. The third-order valence-electron chi connectivity index (χ3n) is 4.53. The third kappa shape index (κ3) is 7.76. The van der Waals surface area contributed by atoms with Gasteiger partial charge in [-0.1, -0.05) is 24.3 Å². The van der Waals surface area contributed by atoms with E-state index in [0.717, 1.165) is 22.6 Å². The fourth-order valence-corrected chi connectivity index (χ4v) is 2.87. The number of carbonyl (C=O) groups excluding carboxylic acids is 1. The summed E-state index contributed by atoms with van der Waals surface area (Å²) in [5.41, 5.74) is 1.87. The molecule has 3 atom stereocenters. The maximum absolute atomic E-state index is 10.6. The molecule has 0 aliphatic rings. The van der Waals surface area contributed by atoms with Gasteiger partial charge in [0.05, 0.1) is 40.1 Å². The highest BCUT2D eigenvalue weighted by Gasteiger charge is 2.28. The van der Waals surface area contributed by atoms with Crippen molar-refractivity contribution in [2.24, 2.45) is 0 Å². The molecule has 7 heteroatoms. The topological polar surface area (TPSA) is 83.5 Å². The van der Waals surface area contributed by atoms with Crippen LogP contribution in [-0.4, -0.2) is 57.1 Å². The summed E-state index contributed by atoms with van der Waals surface area (Å²) in [5.74, 6) is 1.52. The van der Waals surface area contributed by atoms with Crippen LogP contribution in [0.15, 0.2) is 48.5 Å². The van der Waals surface area contributed by atoms with Crippen molar-refractivity contribution in [3.8, 4) is 11.5 Å². The first-order chi connectivity index (χ1) is 14.6. The first-order valence-electron chi connectivity index (χ1n) is 9.76. The van der Waals surface area contributed by atoms with Gasteiger partial charge in [-0.15, -0.1) is 0 Å². The zero-order valence-corrected chi connectivity index (χ0v) is 17.7. The van der Waals surface area contributed by atoms with Crippen LogP contribution in [0.2, 0.25) is 0 Å². The maximum atomic E-state index is 10.6. The van der Waals surface area contributed by atoms with E-state index in [1.54, 1.807) is 21.1 Å². The molecule has 0 aliphatic heterocycles. The number of hydrogen-bond donors (Lipinski definition) is 1. The number of benzene rings is 2. The molecule has 0 aliphatic carbocycles. The Balaban J connectivity index is 2.03. The van der Waals surface area contributed by atoms with E-state index >= 15 is 0 Å². The van der Waals surface area contributed by atoms with Gasteiger partial charge in [-0.2, -0.15) is 0 Å². The van der Waals surface area contributed by atoms with Gasteiger partial charge in [-0.25, -0.2) is 0 Å². The Labute approximate surface area is 177 Å². The minimum absolute atomic E-state index is 0.0482. The van der Waals surface area contributed by atoms with Gasteiger partial charge in [0.15, 0.2) is 0 Å². The average Bonchev–Trinajstić information content (AvgIpc) is 2.77. The third-order valence-corrected chi connectivity index (χ3v) is 4.53. The number of aldehydes is 1. The molecule has 2 aromatic carbocycles. The Morgan fingerprint density at radius 3 is 1.80 bits per heavy atom. The monoisotopic (exact) mass is 418 g/mol. The fourth-order valence-electron chi connectivity index (χ4n) is 2.87.